The summed E-state index contributed by atoms with van der Waals surface area (Å²) in [6.45, 7) is 5.79. The van der Waals surface area contributed by atoms with Crippen molar-refractivity contribution in [3.63, 3.8) is 0 Å². The molecule has 1 aliphatic carbocycles. The fourth-order valence-corrected chi connectivity index (χ4v) is 2.05. The van der Waals surface area contributed by atoms with Crippen LogP contribution in [0.1, 0.15) is 32.6 Å². The first-order valence-corrected chi connectivity index (χ1v) is 4.48. The van der Waals surface area contributed by atoms with Gasteiger partial charge in [-0.05, 0) is 32.1 Å². The Morgan fingerprint density at radius 3 is 2.75 bits per heavy atom. The summed E-state index contributed by atoms with van der Waals surface area (Å²) >= 11 is 0. The highest BCUT2D eigenvalue weighted by atomic mass is 16.4. The third-order valence-electron chi connectivity index (χ3n) is 2.59. The van der Waals surface area contributed by atoms with Gasteiger partial charge in [-0.2, -0.15) is 0 Å². The lowest BCUT2D eigenvalue weighted by atomic mass is 9.90. The Morgan fingerprint density at radius 2 is 2.25 bits per heavy atom. The molecule has 0 heterocycles. The molecule has 2 atom stereocenters. The highest BCUT2D eigenvalue weighted by molar-refractivity contribution is 5.70. The van der Waals surface area contributed by atoms with Gasteiger partial charge in [0, 0.05) is 0 Å². The zero-order chi connectivity index (χ0) is 9.14. The van der Waals surface area contributed by atoms with E-state index in [1.807, 2.05) is 6.92 Å². The number of hydrogen-bond donors (Lipinski definition) is 1. The standard InChI is InChI=1S/C10H16O2/c1-7(2)6-8-4-3-5-9(8)10(11)12/h8-9H,1,3-6H2,2H3,(H,11,12). The molecular weight excluding hydrogens is 152 g/mol. The van der Waals surface area contributed by atoms with Crippen LogP contribution in [0, 0.1) is 11.8 Å². The van der Waals surface area contributed by atoms with Crippen LogP contribution in [0.15, 0.2) is 12.2 Å². The Morgan fingerprint density at radius 1 is 1.58 bits per heavy atom. The molecule has 0 saturated heterocycles. The Kier molecular flexibility index (Phi) is 2.90. The van der Waals surface area contributed by atoms with Crippen LogP contribution in [0.3, 0.4) is 0 Å². The normalized spacial score (nSPS) is 28.8. The maximum atomic E-state index is 10.8. The first kappa shape index (κ1) is 9.30. The number of carboxylic acids is 1. The van der Waals surface area contributed by atoms with E-state index in [0.29, 0.717) is 5.92 Å². The monoisotopic (exact) mass is 168 g/mol. The van der Waals surface area contributed by atoms with Gasteiger partial charge in [0.2, 0.25) is 0 Å². The summed E-state index contributed by atoms with van der Waals surface area (Å²) in [6, 6.07) is 0. The molecule has 1 rings (SSSR count). The highest BCUT2D eigenvalue weighted by Gasteiger charge is 2.32. The fraction of sp³-hybridized carbons (Fsp3) is 0.700. The molecule has 0 aromatic heterocycles. The van der Waals surface area contributed by atoms with Crippen molar-refractivity contribution in [3.05, 3.63) is 12.2 Å². The average Bonchev–Trinajstić information content (AvgIpc) is 2.33. The highest BCUT2D eigenvalue weighted by Crippen LogP contribution is 2.35. The second-order valence-electron chi connectivity index (χ2n) is 3.80. The van der Waals surface area contributed by atoms with Crippen molar-refractivity contribution in [3.8, 4) is 0 Å². The molecule has 0 aromatic rings. The minimum absolute atomic E-state index is 0.110. The summed E-state index contributed by atoms with van der Waals surface area (Å²) in [5.41, 5.74) is 1.10. The van der Waals surface area contributed by atoms with Gasteiger partial charge in [0.05, 0.1) is 5.92 Å². The smallest absolute Gasteiger partial charge is 0.306 e. The van der Waals surface area contributed by atoms with Crippen molar-refractivity contribution in [2.45, 2.75) is 32.6 Å². The number of carboxylic acid groups (broad SMARTS) is 1. The first-order valence-electron chi connectivity index (χ1n) is 4.48. The Bertz CT molecular complexity index is 196. The minimum atomic E-state index is -0.626. The molecule has 1 saturated carbocycles. The van der Waals surface area contributed by atoms with Gasteiger partial charge in [-0.3, -0.25) is 4.79 Å². The molecule has 1 N–H and O–H groups in total. The third-order valence-corrected chi connectivity index (χ3v) is 2.59. The van der Waals surface area contributed by atoms with E-state index in [-0.39, 0.29) is 5.92 Å². The van der Waals surface area contributed by atoms with Crippen molar-refractivity contribution in [2.75, 3.05) is 0 Å². The maximum absolute atomic E-state index is 10.8. The Hall–Kier alpha value is -0.790. The van der Waals surface area contributed by atoms with E-state index in [4.69, 9.17) is 5.11 Å². The molecule has 12 heavy (non-hydrogen) atoms. The van der Waals surface area contributed by atoms with Gasteiger partial charge in [0.25, 0.3) is 0 Å². The predicted molar refractivity (Wildman–Crippen MR) is 47.9 cm³/mol. The van der Waals surface area contributed by atoms with Crippen LogP contribution in [0.4, 0.5) is 0 Å². The van der Waals surface area contributed by atoms with Gasteiger partial charge in [0.1, 0.15) is 0 Å². The zero-order valence-electron chi connectivity index (χ0n) is 7.55. The first-order chi connectivity index (χ1) is 5.61. The lowest BCUT2D eigenvalue weighted by molar-refractivity contribution is -0.142. The van der Waals surface area contributed by atoms with Gasteiger partial charge >= 0.3 is 5.97 Å². The van der Waals surface area contributed by atoms with E-state index < -0.39 is 5.97 Å². The largest absolute Gasteiger partial charge is 0.481 e. The van der Waals surface area contributed by atoms with Crippen LogP contribution in [0.25, 0.3) is 0 Å². The number of allylic oxidation sites excluding steroid dienone is 1. The van der Waals surface area contributed by atoms with Crippen molar-refractivity contribution >= 4 is 5.97 Å². The summed E-state index contributed by atoms with van der Waals surface area (Å²) < 4.78 is 0. The fourth-order valence-electron chi connectivity index (χ4n) is 2.05. The topological polar surface area (TPSA) is 37.3 Å². The summed E-state index contributed by atoms with van der Waals surface area (Å²) in [4.78, 5) is 10.8. The Balaban J connectivity index is 2.52. The molecular formula is C10H16O2. The van der Waals surface area contributed by atoms with Gasteiger partial charge in [0.15, 0.2) is 0 Å². The van der Waals surface area contributed by atoms with E-state index >= 15 is 0 Å². The van der Waals surface area contributed by atoms with Crippen LogP contribution in [0.2, 0.25) is 0 Å². The van der Waals surface area contributed by atoms with Crippen LogP contribution >= 0.6 is 0 Å². The van der Waals surface area contributed by atoms with Crippen molar-refractivity contribution < 1.29 is 9.90 Å². The second-order valence-corrected chi connectivity index (χ2v) is 3.80. The maximum Gasteiger partial charge on any atom is 0.306 e. The molecule has 0 aliphatic heterocycles. The molecule has 68 valence electrons. The molecule has 1 fully saturated rings. The molecule has 2 unspecified atom stereocenters. The van der Waals surface area contributed by atoms with Gasteiger partial charge in [-0.15, -0.1) is 6.58 Å². The molecule has 0 spiro atoms. The van der Waals surface area contributed by atoms with E-state index in [1.54, 1.807) is 0 Å². The number of rotatable bonds is 3. The Labute approximate surface area is 73.3 Å². The van der Waals surface area contributed by atoms with E-state index in [1.165, 1.54) is 0 Å². The van der Waals surface area contributed by atoms with Crippen molar-refractivity contribution in [1.29, 1.82) is 0 Å². The van der Waals surface area contributed by atoms with Gasteiger partial charge in [-0.1, -0.05) is 12.0 Å². The van der Waals surface area contributed by atoms with E-state index in [0.717, 1.165) is 31.3 Å². The summed E-state index contributed by atoms with van der Waals surface area (Å²) in [5.74, 6) is -0.388. The lowest BCUT2D eigenvalue weighted by Gasteiger charge is -2.14. The molecule has 2 nitrogen and oxygen atoms in total. The SMILES string of the molecule is C=C(C)CC1CCCC1C(=O)O. The van der Waals surface area contributed by atoms with Crippen molar-refractivity contribution in [1.82, 2.24) is 0 Å². The van der Waals surface area contributed by atoms with Crippen LogP contribution in [-0.2, 0) is 4.79 Å². The minimum Gasteiger partial charge on any atom is -0.481 e. The van der Waals surface area contributed by atoms with Crippen LogP contribution in [0.5, 0.6) is 0 Å². The molecule has 0 radical (unpaired) electrons. The molecule has 0 aromatic carbocycles. The number of carbonyl (C=O) groups is 1. The molecule has 0 amide bonds. The molecule has 0 bridgehead atoms. The number of hydrogen-bond acceptors (Lipinski definition) is 1. The van der Waals surface area contributed by atoms with Gasteiger partial charge < -0.3 is 5.11 Å². The second kappa shape index (κ2) is 3.74. The summed E-state index contributed by atoms with van der Waals surface area (Å²) in [7, 11) is 0. The van der Waals surface area contributed by atoms with E-state index in [9.17, 15) is 4.79 Å². The summed E-state index contributed by atoms with van der Waals surface area (Å²) in [6.07, 6.45) is 3.86. The third kappa shape index (κ3) is 2.10. The van der Waals surface area contributed by atoms with Crippen LogP contribution < -0.4 is 0 Å². The molecule has 1 aliphatic rings. The van der Waals surface area contributed by atoms with Crippen molar-refractivity contribution in [2.24, 2.45) is 11.8 Å². The summed E-state index contributed by atoms with van der Waals surface area (Å²) in [5, 5.41) is 8.87. The quantitative estimate of drug-likeness (QED) is 0.657. The number of aliphatic carboxylic acids is 1. The zero-order valence-corrected chi connectivity index (χ0v) is 7.55. The average molecular weight is 168 g/mol. The molecule has 2 heteroatoms. The lowest BCUT2D eigenvalue weighted by Crippen LogP contribution is -2.18. The van der Waals surface area contributed by atoms with Gasteiger partial charge in [-0.25, -0.2) is 0 Å². The predicted octanol–water partition coefficient (Wildman–Crippen LogP) is 2.45. The van der Waals surface area contributed by atoms with Crippen LogP contribution in [-0.4, -0.2) is 11.1 Å². The van der Waals surface area contributed by atoms with E-state index in [2.05, 4.69) is 6.58 Å².